The summed E-state index contributed by atoms with van der Waals surface area (Å²) in [6, 6.07) is 8.74. The van der Waals surface area contributed by atoms with Crippen LogP contribution in [0, 0.1) is 29.4 Å². The quantitative estimate of drug-likeness (QED) is 0.130. The van der Waals surface area contributed by atoms with Crippen LogP contribution in [0.1, 0.15) is 45.7 Å². The second-order valence-electron chi connectivity index (χ2n) is 10.8. The minimum absolute atomic E-state index is 0. The molecule has 14 heteroatoms. The van der Waals surface area contributed by atoms with Gasteiger partial charge in [0.05, 0.1) is 36.7 Å². The second kappa shape index (κ2) is 14.1. The molecule has 1 unspecified atom stereocenters. The van der Waals surface area contributed by atoms with Gasteiger partial charge in [-0.05, 0) is 61.1 Å². The van der Waals surface area contributed by atoms with E-state index in [1.165, 1.54) is 23.6 Å². The summed E-state index contributed by atoms with van der Waals surface area (Å²) >= 11 is -1.69. The Morgan fingerprint density at radius 2 is 1.91 bits per heavy atom. The van der Waals surface area contributed by atoms with Gasteiger partial charge < -0.3 is 16.0 Å². The smallest absolute Gasteiger partial charge is 0.355 e. The number of carbonyl (C=O) groups is 1. The molecule has 0 spiro atoms. The van der Waals surface area contributed by atoms with E-state index in [-0.39, 0.29) is 28.7 Å². The maximum Gasteiger partial charge on any atom is 0.355 e. The highest BCUT2D eigenvalue weighted by atomic mass is 32.2. The van der Waals surface area contributed by atoms with Gasteiger partial charge in [0, 0.05) is 36.0 Å². The van der Waals surface area contributed by atoms with E-state index in [2.05, 4.69) is 21.7 Å². The molecule has 0 bridgehead atoms. The molecule has 45 heavy (non-hydrogen) atoms. The zero-order chi connectivity index (χ0) is 30.8. The first-order valence-corrected chi connectivity index (χ1v) is 16.2. The van der Waals surface area contributed by atoms with E-state index in [1.807, 2.05) is 0 Å². The van der Waals surface area contributed by atoms with Crippen molar-refractivity contribution in [3.05, 3.63) is 81.5 Å². The highest BCUT2D eigenvalue weighted by Gasteiger charge is 2.30. The minimum atomic E-state index is -2.84. The summed E-state index contributed by atoms with van der Waals surface area (Å²) in [5.41, 5.74) is 3.33. The number of morpholine rings is 1. The first-order chi connectivity index (χ1) is 21.3. The molecule has 1 saturated carbocycles. The monoisotopic (exact) mass is 656 g/mol. The zero-order valence-electron chi connectivity index (χ0n) is 24.2. The molecule has 2 fully saturated rings. The maximum atomic E-state index is 14.9. The second-order valence-corrected chi connectivity index (χ2v) is 12.6. The average molecular weight is 657 g/mol. The molecule has 2 aromatic heterocycles. The number of benzene rings is 2. The summed E-state index contributed by atoms with van der Waals surface area (Å²) in [6.45, 7) is 3.28. The predicted molar refractivity (Wildman–Crippen MR) is 167 cm³/mol. The van der Waals surface area contributed by atoms with Gasteiger partial charge in [-0.3, -0.25) is 4.90 Å². The topological polar surface area (TPSA) is 153 Å². The van der Waals surface area contributed by atoms with Crippen molar-refractivity contribution in [2.75, 3.05) is 32.8 Å². The van der Waals surface area contributed by atoms with Crippen LogP contribution in [0.3, 0.4) is 0 Å². The van der Waals surface area contributed by atoms with Gasteiger partial charge >= 0.3 is 5.97 Å². The highest BCUT2D eigenvalue weighted by Crippen LogP contribution is 2.38. The molecular formula is C31H32F2N5O5S2+. The van der Waals surface area contributed by atoms with E-state index >= 15 is 0 Å². The number of halogens is 2. The molecule has 5 N–H and O–H groups in total. The summed E-state index contributed by atoms with van der Waals surface area (Å²) in [5.74, 6) is 4.02. The molecule has 1 aliphatic heterocycles. The number of aromatic nitrogens is 3. The Balaban J connectivity index is 0.00000400. The van der Waals surface area contributed by atoms with Crippen molar-refractivity contribution in [3.8, 4) is 28.2 Å². The zero-order valence-corrected chi connectivity index (χ0v) is 25.9. The van der Waals surface area contributed by atoms with E-state index in [0.29, 0.717) is 54.0 Å². The normalized spacial score (nSPS) is 15.6. The first-order valence-electron chi connectivity index (χ1n) is 14.1. The molecule has 0 radical (unpaired) electrons. The number of thiazole rings is 1. The van der Waals surface area contributed by atoms with E-state index in [1.54, 1.807) is 22.9 Å². The van der Waals surface area contributed by atoms with Gasteiger partial charge in [-0.1, -0.05) is 22.1 Å². The Kier molecular flexibility index (Phi) is 10.2. The number of hydrogen-bond acceptors (Lipinski definition) is 8. The molecule has 1 aliphatic carbocycles. The molecule has 6 rings (SSSR count). The molecule has 1 saturated heterocycles. The molecule has 0 amide bonds. The molecule has 2 aliphatic rings. The molecular weight excluding hydrogens is 625 g/mol. The number of nitrogens with zero attached hydrogens (tertiary/aromatic N) is 4. The van der Waals surface area contributed by atoms with Crippen LogP contribution in [0.15, 0.2) is 46.7 Å². The van der Waals surface area contributed by atoms with Crippen molar-refractivity contribution in [2.24, 2.45) is 5.92 Å². The van der Waals surface area contributed by atoms with Crippen molar-refractivity contribution in [1.82, 2.24) is 25.8 Å². The van der Waals surface area contributed by atoms with Gasteiger partial charge in [-0.25, -0.2) is 23.2 Å². The Labute approximate surface area is 264 Å². The number of aromatic carboxylic acids is 1. The standard InChI is InChI=1S/C31H28F2N4O5S2.H3N/c32-24-7-6-22(17-21(24)2-1-9-36-10-12-42-13-11-36)29-23(14-20-5-8-28(44(40)41)25(33)15-20)27(16-19-3-4-19)37(35-29)31-34-26(18-43-31)30(38)39;/h5-8,15,17-19H,3-4,9-14,16H2,(H,38,39)(H,40,41);1H3/p+1. The number of carboxylic acids is 1. The van der Waals surface area contributed by atoms with Crippen molar-refractivity contribution in [3.63, 3.8) is 0 Å². The number of ether oxygens (including phenoxy) is 1. The Morgan fingerprint density at radius 1 is 1.13 bits per heavy atom. The van der Waals surface area contributed by atoms with Crippen LogP contribution in [0.4, 0.5) is 8.78 Å². The number of thiol groups is 1. The van der Waals surface area contributed by atoms with Gasteiger partial charge in [-0.2, -0.15) is 9.65 Å². The molecule has 10 nitrogen and oxygen atoms in total. The third kappa shape index (κ3) is 7.52. The first kappa shape index (κ1) is 32.6. The fourth-order valence-electron chi connectivity index (χ4n) is 5.12. The summed E-state index contributed by atoms with van der Waals surface area (Å²) in [4.78, 5) is 17.7. The van der Waals surface area contributed by atoms with Crippen LogP contribution in [0.2, 0.25) is 0 Å². The van der Waals surface area contributed by atoms with Crippen molar-refractivity contribution in [2.45, 2.75) is 30.6 Å². The van der Waals surface area contributed by atoms with Crippen LogP contribution in [-0.4, -0.2) is 68.1 Å². The van der Waals surface area contributed by atoms with Crippen molar-refractivity contribution < 1.29 is 32.2 Å². The lowest BCUT2D eigenvalue weighted by molar-refractivity contribution is 0.0443. The summed E-state index contributed by atoms with van der Waals surface area (Å²) in [5, 5.41) is 16.2. The molecule has 2 aromatic carbocycles. The predicted octanol–water partition coefficient (Wildman–Crippen LogP) is 4.89. The van der Waals surface area contributed by atoms with E-state index in [9.17, 15) is 27.4 Å². The third-order valence-electron chi connectivity index (χ3n) is 7.63. The summed E-state index contributed by atoms with van der Waals surface area (Å²) in [6.07, 6.45) is 2.93. The van der Waals surface area contributed by atoms with Crippen molar-refractivity contribution in [1.29, 1.82) is 0 Å². The third-order valence-corrected chi connectivity index (χ3v) is 9.22. The van der Waals surface area contributed by atoms with Crippen LogP contribution < -0.4 is 6.15 Å². The van der Waals surface area contributed by atoms with Crippen LogP contribution in [0.5, 0.6) is 0 Å². The summed E-state index contributed by atoms with van der Waals surface area (Å²) in [7, 11) is 0. The maximum absolute atomic E-state index is 14.9. The van der Waals surface area contributed by atoms with Gasteiger partial charge in [0.15, 0.2) is 11.5 Å². The lowest BCUT2D eigenvalue weighted by atomic mass is 9.96. The lowest BCUT2D eigenvalue weighted by Gasteiger charge is -2.24. The number of hydrogen-bond donors (Lipinski definition) is 3. The summed E-state index contributed by atoms with van der Waals surface area (Å²) < 4.78 is 57.7. The molecule has 1 atom stereocenters. The highest BCUT2D eigenvalue weighted by molar-refractivity contribution is 7.79. The van der Waals surface area contributed by atoms with Gasteiger partial charge in [-0.15, -0.1) is 11.3 Å². The van der Waals surface area contributed by atoms with Crippen LogP contribution in [0.25, 0.3) is 16.4 Å². The number of rotatable bonds is 9. The Hall–Kier alpha value is -3.84. The van der Waals surface area contributed by atoms with Gasteiger partial charge in [0.2, 0.25) is 21.1 Å². The van der Waals surface area contributed by atoms with E-state index in [0.717, 1.165) is 48.5 Å². The molecule has 3 heterocycles. The lowest BCUT2D eigenvalue weighted by Crippen LogP contribution is -2.36. The minimum Gasteiger partial charge on any atom is -0.476 e. The Bertz CT molecular complexity index is 1810. The number of carboxylic acid groups (broad SMARTS) is 1. The van der Waals surface area contributed by atoms with Crippen LogP contribution in [-0.2, 0) is 32.9 Å². The van der Waals surface area contributed by atoms with Gasteiger partial charge in [0.1, 0.15) is 5.82 Å². The van der Waals surface area contributed by atoms with Crippen LogP contribution >= 0.6 is 11.3 Å². The van der Waals surface area contributed by atoms with E-state index < -0.39 is 28.7 Å². The fourth-order valence-corrected chi connectivity index (χ4v) is 6.34. The van der Waals surface area contributed by atoms with Crippen molar-refractivity contribution >= 4 is 28.4 Å². The van der Waals surface area contributed by atoms with E-state index in [4.69, 9.17) is 9.84 Å². The SMILES string of the molecule is N.O=C(O)c1csc(-n2nc(-c3ccc(F)c(C#CCN4CCOCC4)c3)c(Cc3ccc([SH+](=O)O)c(F)c3)c2CC2CC2)n1. The Morgan fingerprint density at radius 3 is 2.58 bits per heavy atom. The molecule has 4 aromatic rings. The molecule has 236 valence electrons. The fraction of sp³-hybridized carbons (Fsp3) is 0.323. The van der Waals surface area contributed by atoms with Gasteiger partial charge in [0.25, 0.3) is 0 Å². The average Bonchev–Trinajstić information content (AvgIpc) is 3.56. The largest absolute Gasteiger partial charge is 0.476 e.